The number of rotatable bonds is 7. The van der Waals surface area contributed by atoms with Gasteiger partial charge >= 0.3 is 0 Å². The first-order chi connectivity index (χ1) is 8.69. The van der Waals surface area contributed by atoms with Crippen molar-refractivity contribution in [1.82, 2.24) is 5.32 Å². The molecule has 1 aliphatic carbocycles. The highest BCUT2D eigenvalue weighted by molar-refractivity contribution is 5.29. The molecule has 1 aromatic rings. The van der Waals surface area contributed by atoms with Gasteiger partial charge in [0.25, 0.3) is 0 Å². The van der Waals surface area contributed by atoms with Gasteiger partial charge in [0.15, 0.2) is 11.6 Å². The molecule has 2 N–H and O–H groups in total. The van der Waals surface area contributed by atoms with Gasteiger partial charge in [0, 0.05) is 12.6 Å². The van der Waals surface area contributed by atoms with E-state index in [9.17, 15) is 9.50 Å². The molecule has 0 saturated heterocycles. The summed E-state index contributed by atoms with van der Waals surface area (Å²) in [5, 5.41) is 12.7. The Balaban J connectivity index is 1.87. The van der Waals surface area contributed by atoms with E-state index in [1.807, 2.05) is 13.0 Å². The van der Waals surface area contributed by atoms with Gasteiger partial charge in [-0.2, -0.15) is 0 Å². The van der Waals surface area contributed by atoms with Crippen molar-refractivity contribution in [3.63, 3.8) is 0 Å². The fraction of sp³-hybridized carbons (Fsp3) is 0.571. The second-order valence-corrected chi connectivity index (χ2v) is 4.79. The molecule has 0 aliphatic heterocycles. The largest absolute Gasteiger partial charge is 0.488 e. The van der Waals surface area contributed by atoms with E-state index in [1.165, 1.54) is 18.9 Å². The third kappa shape index (κ3) is 3.96. The smallest absolute Gasteiger partial charge is 0.165 e. The molecule has 0 spiro atoms. The van der Waals surface area contributed by atoms with Gasteiger partial charge in [-0.1, -0.05) is 13.0 Å². The number of hydrogen-bond donors (Lipinski definition) is 2. The lowest BCUT2D eigenvalue weighted by Gasteiger charge is -2.12. The molecule has 0 heterocycles. The molecule has 1 unspecified atom stereocenters. The second-order valence-electron chi connectivity index (χ2n) is 4.79. The predicted octanol–water partition coefficient (Wildman–Crippen LogP) is 2.23. The molecule has 4 heteroatoms. The second kappa shape index (κ2) is 6.16. The van der Waals surface area contributed by atoms with Crippen molar-refractivity contribution in [3.8, 4) is 5.75 Å². The third-order valence-corrected chi connectivity index (χ3v) is 3.07. The quantitative estimate of drug-likeness (QED) is 0.783. The van der Waals surface area contributed by atoms with Crippen molar-refractivity contribution < 1.29 is 14.2 Å². The first-order valence-corrected chi connectivity index (χ1v) is 6.51. The zero-order valence-electron chi connectivity index (χ0n) is 10.7. The normalized spacial score (nSPS) is 16.6. The minimum absolute atomic E-state index is 0.132. The summed E-state index contributed by atoms with van der Waals surface area (Å²) in [5.74, 6) is -0.161. The van der Waals surface area contributed by atoms with Crippen LogP contribution in [0.15, 0.2) is 18.2 Å². The monoisotopic (exact) mass is 253 g/mol. The molecule has 3 nitrogen and oxygen atoms in total. The summed E-state index contributed by atoms with van der Waals surface area (Å²) in [6.45, 7) is 2.68. The molecule has 2 rings (SSSR count). The van der Waals surface area contributed by atoms with Crippen LogP contribution in [0.5, 0.6) is 5.75 Å². The Morgan fingerprint density at radius 1 is 1.50 bits per heavy atom. The van der Waals surface area contributed by atoms with Crippen molar-refractivity contribution >= 4 is 0 Å². The molecule has 18 heavy (non-hydrogen) atoms. The summed E-state index contributed by atoms with van der Waals surface area (Å²) in [7, 11) is 0. The molecule has 1 saturated carbocycles. The van der Waals surface area contributed by atoms with Crippen LogP contribution >= 0.6 is 0 Å². The number of aliphatic hydroxyl groups is 1. The molecule has 0 amide bonds. The maximum absolute atomic E-state index is 13.7. The molecule has 0 bridgehead atoms. The van der Waals surface area contributed by atoms with Gasteiger partial charge in [-0.25, -0.2) is 4.39 Å². The average Bonchev–Trinajstić information content (AvgIpc) is 3.18. The maximum atomic E-state index is 13.7. The minimum atomic E-state index is -0.541. The Morgan fingerprint density at radius 2 is 2.28 bits per heavy atom. The highest BCUT2D eigenvalue weighted by atomic mass is 19.1. The summed E-state index contributed by atoms with van der Waals surface area (Å²) < 4.78 is 18.9. The van der Waals surface area contributed by atoms with Gasteiger partial charge < -0.3 is 15.2 Å². The number of ether oxygens (including phenoxy) is 1. The number of aliphatic hydroxyl groups excluding tert-OH is 1. The van der Waals surface area contributed by atoms with Crippen LogP contribution in [0.2, 0.25) is 0 Å². The zero-order chi connectivity index (χ0) is 13.0. The van der Waals surface area contributed by atoms with Crippen LogP contribution in [-0.4, -0.2) is 23.9 Å². The Morgan fingerprint density at radius 3 is 2.89 bits per heavy atom. The van der Waals surface area contributed by atoms with E-state index in [-0.39, 0.29) is 18.2 Å². The average molecular weight is 253 g/mol. The van der Waals surface area contributed by atoms with Crippen LogP contribution in [0, 0.1) is 5.82 Å². The highest BCUT2D eigenvalue weighted by Gasteiger charge is 2.20. The van der Waals surface area contributed by atoms with Crippen LogP contribution in [0.4, 0.5) is 4.39 Å². The number of nitrogens with one attached hydrogen (secondary N) is 1. The lowest BCUT2D eigenvalue weighted by atomic mass is 10.2. The van der Waals surface area contributed by atoms with Crippen LogP contribution in [0.25, 0.3) is 0 Å². The Labute approximate surface area is 107 Å². The van der Waals surface area contributed by atoms with Gasteiger partial charge in [0.1, 0.15) is 6.61 Å². The lowest BCUT2D eigenvalue weighted by Crippen LogP contribution is -2.17. The number of benzene rings is 1. The summed E-state index contributed by atoms with van der Waals surface area (Å²) in [6.07, 6.45) is 2.50. The van der Waals surface area contributed by atoms with E-state index in [1.54, 1.807) is 6.07 Å². The van der Waals surface area contributed by atoms with Gasteiger partial charge in [0.05, 0.1) is 6.10 Å². The molecule has 0 aromatic heterocycles. The minimum Gasteiger partial charge on any atom is -0.488 e. The summed E-state index contributed by atoms with van der Waals surface area (Å²) >= 11 is 0. The predicted molar refractivity (Wildman–Crippen MR) is 68.1 cm³/mol. The van der Waals surface area contributed by atoms with Crippen LogP contribution < -0.4 is 10.1 Å². The maximum Gasteiger partial charge on any atom is 0.165 e. The van der Waals surface area contributed by atoms with Crippen molar-refractivity contribution in [1.29, 1.82) is 0 Å². The van der Waals surface area contributed by atoms with Crippen molar-refractivity contribution in [2.24, 2.45) is 0 Å². The van der Waals surface area contributed by atoms with Crippen LogP contribution in [0.3, 0.4) is 0 Å². The molecular formula is C14H20FNO2. The molecule has 1 atom stereocenters. The molecular weight excluding hydrogens is 233 g/mol. The van der Waals surface area contributed by atoms with Crippen LogP contribution in [-0.2, 0) is 6.54 Å². The molecule has 1 aliphatic rings. The Bertz CT molecular complexity index is 393. The van der Waals surface area contributed by atoms with Gasteiger partial charge in [0.2, 0.25) is 0 Å². The van der Waals surface area contributed by atoms with E-state index in [0.717, 1.165) is 5.56 Å². The molecule has 1 aromatic carbocycles. The topological polar surface area (TPSA) is 41.5 Å². The molecule has 0 radical (unpaired) electrons. The van der Waals surface area contributed by atoms with Crippen molar-refractivity contribution in [3.05, 3.63) is 29.6 Å². The fourth-order valence-corrected chi connectivity index (χ4v) is 1.62. The molecule has 1 fully saturated rings. The zero-order valence-corrected chi connectivity index (χ0v) is 10.7. The standard InChI is InChI=1S/C14H20FNO2/c1-2-12(17)9-18-14-6-3-10(7-13(14)15)8-16-11-4-5-11/h3,6-7,11-12,16-17H,2,4-5,8-9H2,1H3. The van der Waals surface area contributed by atoms with Crippen molar-refractivity contribution in [2.75, 3.05) is 6.61 Å². The first-order valence-electron chi connectivity index (χ1n) is 6.51. The summed E-state index contributed by atoms with van der Waals surface area (Å²) in [4.78, 5) is 0. The Hall–Kier alpha value is -1.13. The lowest BCUT2D eigenvalue weighted by molar-refractivity contribution is 0.102. The Kier molecular flexibility index (Phi) is 4.55. The van der Waals surface area contributed by atoms with Gasteiger partial charge in [-0.15, -0.1) is 0 Å². The number of hydrogen-bond acceptors (Lipinski definition) is 3. The fourth-order valence-electron chi connectivity index (χ4n) is 1.62. The SMILES string of the molecule is CCC(O)COc1ccc(CNC2CC2)cc1F. The van der Waals surface area contributed by atoms with E-state index in [0.29, 0.717) is 19.0 Å². The highest BCUT2D eigenvalue weighted by Crippen LogP contribution is 2.21. The van der Waals surface area contributed by atoms with Crippen LogP contribution in [0.1, 0.15) is 31.7 Å². The first kappa shape index (κ1) is 13.3. The van der Waals surface area contributed by atoms with Gasteiger partial charge in [-0.05, 0) is 37.0 Å². The molecule has 100 valence electrons. The van der Waals surface area contributed by atoms with E-state index in [4.69, 9.17) is 4.74 Å². The van der Waals surface area contributed by atoms with E-state index in [2.05, 4.69) is 5.32 Å². The van der Waals surface area contributed by atoms with E-state index < -0.39 is 6.10 Å². The van der Waals surface area contributed by atoms with Crippen molar-refractivity contribution in [2.45, 2.75) is 44.9 Å². The number of halogens is 1. The van der Waals surface area contributed by atoms with Gasteiger partial charge in [-0.3, -0.25) is 0 Å². The summed E-state index contributed by atoms with van der Waals surface area (Å²) in [6, 6.07) is 5.58. The summed E-state index contributed by atoms with van der Waals surface area (Å²) in [5.41, 5.74) is 0.919. The third-order valence-electron chi connectivity index (χ3n) is 3.07. The van der Waals surface area contributed by atoms with E-state index >= 15 is 0 Å².